The Balaban J connectivity index is 1.89. The van der Waals surface area contributed by atoms with Gasteiger partial charge in [-0.25, -0.2) is 0 Å². The van der Waals surface area contributed by atoms with Crippen molar-refractivity contribution in [1.82, 2.24) is 0 Å². The van der Waals surface area contributed by atoms with E-state index in [0.29, 0.717) is 40.9 Å². The van der Waals surface area contributed by atoms with Crippen molar-refractivity contribution in [3.05, 3.63) is 59.7 Å². The van der Waals surface area contributed by atoms with Gasteiger partial charge in [-0.15, -0.1) is 0 Å². The number of phenolic OH excluding ortho intramolecular Hbond substituents is 1. The van der Waals surface area contributed by atoms with Crippen LogP contribution in [0.1, 0.15) is 88.1 Å². The van der Waals surface area contributed by atoms with Gasteiger partial charge in [0.25, 0.3) is 5.91 Å². The van der Waals surface area contributed by atoms with Crippen LogP contribution in [-0.4, -0.2) is 40.6 Å². The molecule has 8 heteroatoms. The highest BCUT2D eigenvalue weighted by molar-refractivity contribution is 6.13. The van der Waals surface area contributed by atoms with Crippen LogP contribution in [-0.2, 0) is 9.59 Å². The molecular formula is C33H42N2O6. The summed E-state index contributed by atoms with van der Waals surface area (Å²) < 4.78 is 6.28. The smallest absolute Gasteiger partial charge is 0.303 e. The molecule has 3 aromatic carbocycles. The first-order valence-electron chi connectivity index (χ1n) is 14.5. The van der Waals surface area contributed by atoms with Crippen LogP contribution >= 0.6 is 0 Å². The van der Waals surface area contributed by atoms with Gasteiger partial charge in [0.1, 0.15) is 11.5 Å². The summed E-state index contributed by atoms with van der Waals surface area (Å²) in [5, 5.41) is 24.4. The van der Waals surface area contributed by atoms with Crippen LogP contribution in [0, 0.1) is 6.92 Å². The number of aliphatic carboxylic acids is 1. The molecule has 0 saturated heterocycles. The van der Waals surface area contributed by atoms with Crippen LogP contribution in [0.2, 0.25) is 0 Å². The molecule has 2 amide bonds. The largest absolute Gasteiger partial charge is 0.506 e. The summed E-state index contributed by atoms with van der Waals surface area (Å²) in [5.41, 5.74) is 2.13. The molecular weight excluding hydrogens is 520 g/mol. The molecule has 220 valence electrons. The lowest BCUT2D eigenvalue weighted by atomic mass is 10.0. The van der Waals surface area contributed by atoms with Crippen molar-refractivity contribution in [3.63, 3.8) is 0 Å². The number of amides is 2. The van der Waals surface area contributed by atoms with E-state index < -0.39 is 11.9 Å². The molecule has 0 aliphatic rings. The van der Waals surface area contributed by atoms with Gasteiger partial charge >= 0.3 is 5.97 Å². The minimum atomic E-state index is -0.874. The first kappa shape index (κ1) is 31.5. The third-order valence-corrected chi connectivity index (χ3v) is 7.11. The molecule has 0 radical (unpaired) electrons. The molecule has 3 aromatic rings. The number of hydrogen-bond donors (Lipinski definition) is 3. The molecule has 0 fully saturated rings. The van der Waals surface area contributed by atoms with Crippen molar-refractivity contribution in [1.29, 1.82) is 0 Å². The summed E-state index contributed by atoms with van der Waals surface area (Å²) in [6.07, 6.45) is 5.75. The van der Waals surface area contributed by atoms with Crippen LogP contribution in [0.5, 0.6) is 11.5 Å². The highest BCUT2D eigenvalue weighted by Gasteiger charge is 2.21. The van der Waals surface area contributed by atoms with Gasteiger partial charge in [-0.1, -0.05) is 57.4 Å². The summed E-state index contributed by atoms with van der Waals surface area (Å²) >= 11 is 0. The molecule has 1 unspecified atom stereocenters. The molecule has 0 aliphatic carbocycles. The maximum absolute atomic E-state index is 13.4. The highest BCUT2D eigenvalue weighted by Crippen LogP contribution is 2.36. The summed E-state index contributed by atoms with van der Waals surface area (Å²) in [6.45, 7) is 8.08. The molecule has 0 heterocycles. The predicted octanol–water partition coefficient (Wildman–Crippen LogP) is 7.45. The Kier molecular flexibility index (Phi) is 11.6. The van der Waals surface area contributed by atoms with E-state index in [9.17, 15) is 24.6 Å². The van der Waals surface area contributed by atoms with Crippen molar-refractivity contribution in [3.8, 4) is 11.5 Å². The second-order valence-corrected chi connectivity index (χ2v) is 10.5. The number of aromatic hydroxyl groups is 1. The van der Waals surface area contributed by atoms with Crippen molar-refractivity contribution in [2.24, 2.45) is 0 Å². The second-order valence-electron chi connectivity index (χ2n) is 10.5. The topological polar surface area (TPSA) is 116 Å². The zero-order chi connectivity index (χ0) is 29.9. The van der Waals surface area contributed by atoms with Crippen LogP contribution in [0.3, 0.4) is 0 Å². The fraction of sp³-hybridized carbons (Fsp3) is 0.424. The zero-order valence-electron chi connectivity index (χ0n) is 24.5. The first-order valence-corrected chi connectivity index (χ1v) is 14.5. The molecule has 3 N–H and O–H groups in total. The number of nitrogens with zero attached hydrogens (tertiary/aromatic N) is 1. The van der Waals surface area contributed by atoms with E-state index >= 15 is 0 Å². The average molecular weight is 563 g/mol. The molecule has 41 heavy (non-hydrogen) atoms. The molecule has 0 spiro atoms. The Labute approximate surface area is 242 Å². The van der Waals surface area contributed by atoms with Crippen molar-refractivity contribution in [2.75, 3.05) is 16.8 Å². The molecule has 0 saturated carbocycles. The van der Waals surface area contributed by atoms with E-state index in [-0.39, 0.29) is 29.7 Å². The maximum Gasteiger partial charge on any atom is 0.303 e. The van der Waals surface area contributed by atoms with E-state index in [1.165, 1.54) is 6.92 Å². The SMILES string of the molecule is CCCCCCC(CCC(=O)O)Oc1ccc(C)cc1NC(=O)c1ccc2c(N(CCC)C(C)=O)cccc2c1O. The van der Waals surface area contributed by atoms with Gasteiger partial charge in [0.05, 0.1) is 23.0 Å². The van der Waals surface area contributed by atoms with Crippen molar-refractivity contribution in [2.45, 2.75) is 85.2 Å². The predicted molar refractivity (Wildman–Crippen MR) is 163 cm³/mol. The number of unbranched alkanes of at least 4 members (excludes halogenated alkanes) is 3. The van der Waals surface area contributed by atoms with Gasteiger partial charge in [0.15, 0.2) is 0 Å². The molecule has 0 aliphatic heterocycles. The Hall–Kier alpha value is -4.07. The Morgan fingerprint density at radius 2 is 1.73 bits per heavy atom. The number of nitrogens with one attached hydrogen (secondary N) is 1. The summed E-state index contributed by atoms with van der Waals surface area (Å²) in [5.74, 6) is -1.20. The average Bonchev–Trinajstić information content (AvgIpc) is 2.93. The lowest BCUT2D eigenvalue weighted by molar-refractivity contribution is -0.137. The fourth-order valence-electron chi connectivity index (χ4n) is 4.97. The van der Waals surface area contributed by atoms with E-state index in [1.807, 2.05) is 26.0 Å². The standard InChI is InChI=1S/C33H42N2O6/c1-5-7-8-9-11-24(15-19-31(37)38)41-30-18-14-22(3)21-28(30)34-33(40)27-17-16-25-26(32(27)39)12-10-13-29(25)35(20-6-2)23(4)36/h10,12-14,16-18,21,24,39H,5-9,11,15,19-20H2,1-4H3,(H,34,40)(H,37,38). The number of carbonyl (C=O) groups excluding carboxylic acids is 2. The van der Waals surface area contributed by atoms with Gasteiger partial charge in [-0.3, -0.25) is 14.4 Å². The van der Waals surface area contributed by atoms with Gasteiger partial charge in [-0.2, -0.15) is 0 Å². The maximum atomic E-state index is 13.4. The van der Waals surface area contributed by atoms with Crippen LogP contribution in [0.25, 0.3) is 10.8 Å². The number of carboxylic acid groups (broad SMARTS) is 1. The Morgan fingerprint density at radius 1 is 0.951 bits per heavy atom. The number of carboxylic acids is 1. The normalized spacial score (nSPS) is 11.7. The van der Waals surface area contributed by atoms with E-state index in [2.05, 4.69) is 12.2 Å². The van der Waals surface area contributed by atoms with Gasteiger partial charge < -0.3 is 25.2 Å². The molecule has 8 nitrogen and oxygen atoms in total. The molecule has 3 rings (SSSR count). The Bertz CT molecular complexity index is 1370. The summed E-state index contributed by atoms with van der Waals surface area (Å²) in [4.78, 5) is 38.7. The number of anilines is 2. The number of phenols is 1. The number of fused-ring (bicyclic) bond motifs is 1. The molecule has 0 aromatic heterocycles. The summed E-state index contributed by atoms with van der Waals surface area (Å²) in [6, 6.07) is 14.1. The van der Waals surface area contributed by atoms with E-state index in [0.717, 1.165) is 44.1 Å². The highest BCUT2D eigenvalue weighted by atomic mass is 16.5. The molecule has 1 atom stereocenters. The fourth-order valence-corrected chi connectivity index (χ4v) is 4.97. The van der Waals surface area contributed by atoms with Gasteiger partial charge in [0, 0.05) is 30.7 Å². The van der Waals surface area contributed by atoms with E-state index in [4.69, 9.17) is 4.74 Å². The van der Waals surface area contributed by atoms with Crippen LogP contribution in [0.4, 0.5) is 11.4 Å². The lowest BCUT2D eigenvalue weighted by Gasteiger charge is -2.23. The van der Waals surface area contributed by atoms with Crippen LogP contribution in [0.15, 0.2) is 48.5 Å². The van der Waals surface area contributed by atoms with Crippen LogP contribution < -0.4 is 15.0 Å². The van der Waals surface area contributed by atoms with Gasteiger partial charge in [0.2, 0.25) is 5.91 Å². The number of rotatable bonds is 15. The van der Waals surface area contributed by atoms with Crippen molar-refractivity contribution >= 4 is 39.9 Å². The minimum absolute atomic E-state index is 0.00172. The minimum Gasteiger partial charge on any atom is -0.506 e. The van der Waals surface area contributed by atoms with Gasteiger partial charge in [-0.05, 0) is 62.4 Å². The number of carbonyl (C=O) groups is 3. The second kappa shape index (κ2) is 15.1. The lowest BCUT2D eigenvalue weighted by Crippen LogP contribution is -2.29. The monoisotopic (exact) mass is 562 g/mol. The molecule has 0 bridgehead atoms. The third kappa shape index (κ3) is 8.46. The summed E-state index contributed by atoms with van der Waals surface area (Å²) in [7, 11) is 0. The first-order chi connectivity index (χ1) is 19.7. The van der Waals surface area contributed by atoms with E-state index in [1.54, 1.807) is 41.3 Å². The zero-order valence-corrected chi connectivity index (χ0v) is 24.5. The number of ether oxygens (including phenoxy) is 1. The Morgan fingerprint density at radius 3 is 2.41 bits per heavy atom. The number of benzene rings is 3. The quantitative estimate of drug-likeness (QED) is 0.166. The van der Waals surface area contributed by atoms with Crippen molar-refractivity contribution < 1.29 is 29.3 Å². The number of hydrogen-bond acceptors (Lipinski definition) is 5. The third-order valence-electron chi connectivity index (χ3n) is 7.11. The number of aryl methyl sites for hydroxylation is 1.